The van der Waals surface area contributed by atoms with Crippen molar-refractivity contribution in [1.29, 1.82) is 0 Å². The SMILES string of the molecule is C=CCOP(O)O.CC(C)(c1ccc(O)cc1)c1ccc(O)cc1. The lowest BCUT2D eigenvalue weighted by Gasteiger charge is -2.26. The summed E-state index contributed by atoms with van der Waals surface area (Å²) >= 11 is 0. The summed E-state index contributed by atoms with van der Waals surface area (Å²) < 4.78 is 4.25. The molecule has 0 amide bonds. The highest BCUT2D eigenvalue weighted by atomic mass is 31.2. The third kappa shape index (κ3) is 6.30. The van der Waals surface area contributed by atoms with Crippen molar-refractivity contribution in [3.8, 4) is 11.5 Å². The lowest BCUT2D eigenvalue weighted by Crippen LogP contribution is -2.18. The van der Waals surface area contributed by atoms with Crippen LogP contribution in [0, 0.1) is 0 Å². The highest BCUT2D eigenvalue weighted by Crippen LogP contribution is 2.32. The molecule has 0 aromatic heterocycles. The van der Waals surface area contributed by atoms with Gasteiger partial charge >= 0.3 is 8.60 Å². The average Bonchev–Trinajstić information content (AvgIpc) is 2.54. The van der Waals surface area contributed by atoms with Crippen LogP contribution in [0.2, 0.25) is 0 Å². The van der Waals surface area contributed by atoms with Crippen LogP contribution in [-0.2, 0) is 9.94 Å². The molecule has 0 spiro atoms. The van der Waals surface area contributed by atoms with E-state index < -0.39 is 8.60 Å². The number of phenolic OH excluding ortho intramolecular Hbond substituents is 2. The van der Waals surface area contributed by atoms with Crippen LogP contribution in [0.25, 0.3) is 0 Å². The van der Waals surface area contributed by atoms with E-state index in [9.17, 15) is 10.2 Å². The Balaban J connectivity index is 0.000000351. The monoisotopic (exact) mass is 350 g/mol. The van der Waals surface area contributed by atoms with E-state index >= 15 is 0 Å². The third-order valence-electron chi connectivity index (χ3n) is 3.49. The molecule has 0 aliphatic carbocycles. The Hall–Kier alpha value is -1.91. The highest BCUT2D eigenvalue weighted by molar-refractivity contribution is 7.39. The van der Waals surface area contributed by atoms with Gasteiger partial charge < -0.3 is 24.5 Å². The second-order valence-corrected chi connectivity index (χ2v) is 6.32. The largest absolute Gasteiger partial charge is 0.508 e. The molecule has 0 radical (unpaired) electrons. The van der Waals surface area contributed by atoms with Crippen LogP contribution in [-0.4, -0.2) is 26.6 Å². The lowest BCUT2D eigenvalue weighted by molar-refractivity contribution is 0.282. The van der Waals surface area contributed by atoms with Gasteiger partial charge in [0.05, 0.1) is 6.61 Å². The Labute approximate surface area is 143 Å². The molecular formula is C18H23O5P. The van der Waals surface area contributed by atoms with Crippen LogP contribution >= 0.6 is 8.60 Å². The Morgan fingerprint density at radius 3 is 1.54 bits per heavy atom. The van der Waals surface area contributed by atoms with Crippen LogP contribution in [0.5, 0.6) is 11.5 Å². The molecule has 0 heterocycles. The number of rotatable bonds is 5. The first kappa shape index (κ1) is 20.1. The predicted molar refractivity (Wildman–Crippen MR) is 95.8 cm³/mol. The standard InChI is InChI=1S/C15H16O2.C3H7O3P/c1-15(2,11-3-7-13(16)8-4-11)12-5-9-14(17)10-6-12;1-2-3-6-7(4)5/h3-10,16-17H,1-2H3;2,4-5H,1,3H2. The Bertz CT molecular complexity index is 573. The summed E-state index contributed by atoms with van der Waals surface area (Å²) in [5.74, 6) is 0.547. The van der Waals surface area contributed by atoms with E-state index in [4.69, 9.17) is 9.79 Å². The Morgan fingerprint density at radius 2 is 1.29 bits per heavy atom. The molecule has 5 nitrogen and oxygen atoms in total. The van der Waals surface area contributed by atoms with E-state index in [2.05, 4.69) is 25.0 Å². The molecular weight excluding hydrogens is 327 g/mol. The van der Waals surface area contributed by atoms with Gasteiger partial charge in [-0.25, -0.2) is 0 Å². The molecule has 0 atom stereocenters. The molecule has 6 heteroatoms. The van der Waals surface area contributed by atoms with Crippen LogP contribution in [0.1, 0.15) is 25.0 Å². The van der Waals surface area contributed by atoms with Gasteiger partial charge in [-0.1, -0.05) is 44.2 Å². The Morgan fingerprint density at radius 1 is 0.917 bits per heavy atom. The van der Waals surface area contributed by atoms with Gasteiger partial charge in [0.1, 0.15) is 11.5 Å². The predicted octanol–water partition coefficient (Wildman–Crippen LogP) is 3.82. The van der Waals surface area contributed by atoms with Gasteiger partial charge in [0.15, 0.2) is 0 Å². The van der Waals surface area contributed by atoms with Crippen molar-refractivity contribution in [3.63, 3.8) is 0 Å². The molecule has 0 aliphatic heterocycles. The van der Waals surface area contributed by atoms with E-state index in [0.29, 0.717) is 0 Å². The minimum atomic E-state index is -2.18. The molecule has 130 valence electrons. The van der Waals surface area contributed by atoms with Crippen LogP contribution in [0.15, 0.2) is 61.2 Å². The highest BCUT2D eigenvalue weighted by Gasteiger charge is 2.22. The van der Waals surface area contributed by atoms with Gasteiger partial charge in [0.2, 0.25) is 0 Å². The summed E-state index contributed by atoms with van der Waals surface area (Å²) in [6.07, 6.45) is 1.45. The summed E-state index contributed by atoms with van der Waals surface area (Å²) in [5.41, 5.74) is 2.10. The summed E-state index contributed by atoms with van der Waals surface area (Å²) in [4.78, 5) is 16.1. The normalized spacial score (nSPS) is 10.9. The number of phenols is 2. The zero-order chi connectivity index (χ0) is 18.2. The van der Waals surface area contributed by atoms with Gasteiger partial charge in [0.25, 0.3) is 0 Å². The first-order valence-electron chi connectivity index (χ1n) is 7.28. The lowest BCUT2D eigenvalue weighted by atomic mass is 9.78. The third-order valence-corrected chi connectivity index (χ3v) is 3.87. The van der Waals surface area contributed by atoms with Crippen LogP contribution < -0.4 is 0 Å². The smallest absolute Gasteiger partial charge is 0.327 e. The minimum Gasteiger partial charge on any atom is -0.508 e. The average molecular weight is 350 g/mol. The second-order valence-electron chi connectivity index (χ2n) is 5.56. The van der Waals surface area contributed by atoms with E-state index in [-0.39, 0.29) is 23.5 Å². The molecule has 2 aromatic carbocycles. The van der Waals surface area contributed by atoms with E-state index in [0.717, 1.165) is 11.1 Å². The molecule has 4 N–H and O–H groups in total. The fourth-order valence-electron chi connectivity index (χ4n) is 2.04. The molecule has 0 saturated carbocycles. The van der Waals surface area contributed by atoms with Gasteiger partial charge in [0, 0.05) is 5.41 Å². The van der Waals surface area contributed by atoms with Crippen LogP contribution in [0.3, 0.4) is 0 Å². The van der Waals surface area contributed by atoms with Crippen molar-refractivity contribution in [2.45, 2.75) is 19.3 Å². The van der Waals surface area contributed by atoms with E-state index in [1.54, 1.807) is 24.3 Å². The van der Waals surface area contributed by atoms with Crippen molar-refractivity contribution in [2.24, 2.45) is 0 Å². The summed E-state index contributed by atoms with van der Waals surface area (Å²) in [5, 5.41) is 18.6. The number of hydrogen-bond donors (Lipinski definition) is 4. The van der Waals surface area contributed by atoms with Gasteiger partial charge in [-0.05, 0) is 35.4 Å². The van der Waals surface area contributed by atoms with Gasteiger partial charge in [-0.3, -0.25) is 0 Å². The maximum absolute atomic E-state index is 9.30. The van der Waals surface area contributed by atoms with Crippen molar-refractivity contribution in [2.75, 3.05) is 6.61 Å². The molecule has 24 heavy (non-hydrogen) atoms. The second kappa shape index (κ2) is 9.40. The first-order chi connectivity index (χ1) is 11.3. The van der Waals surface area contributed by atoms with Crippen molar-refractivity contribution in [1.82, 2.24) is 0 Å². The minimum absolute atomic E-state index is 0.151. The number of aromatic hydroxyl groups is 2. The summed E-state index contributed by atoms with van der Waals surface area (Å²) in [6.45, 7) is 7.72. The Kier molecular flexibility index (Phi) is 7.89. The maximum atomic E-state index is 9.30. The topological polar surface area (TPSA) is 90.2 Å². The van der Waals surface area contributed by atoms with Crippen molar-refractivity contribution < 1.29 is 24.5 Å². The van der Waals surface area contributed by atoms with E-state index in [1.165, 1.54) is 6.08 Å². The maximum Gasteiger partial charge on any atom is 0.327 e. The molecule has 2 rings (SSSR count). The number of benzene rings is 2. The number of hydrogen-bond acceptors (Lipinski definition) is 5. The quantitative estimate of drug-likeness (QED) is 0.486. The molecule has 0 fully saturated rings. The van der Waals surface area contributed by atoms with Gasteiger partial charge in [-0.2, -0.15) is 0 Å². The van der Waals surface area contributed by atoms with Crippen molar-refractivity contribution >= 4 is 8.60 Å². The fourth-order valence-corrected chi connectivity index (χ4v) is 2.28. The van der Waals surface area contributed by atoms with Crippen molar-refractivity contribution in [3.05, 3.63) is 72.3 Å². The van der Waals surface area contributed by atoms with Crippen LogP contribution in [0.4, 0.5) is 0 Å². The van der Waals surface area contributed by atoms with E-state index in [1.807, 2.05) is 24.3 Å². The fraction of sp³-hybridized carbons (Fsp3) is 0.222. The zero-order valence-corrected chi connectivity index (χ0v) is 14.6. The van der Waals surface area contributed by atoms with Gasteiger partial charge in [-0.15, -0.1) is 6.58 Å². The summed E-state index contributed by atoms with van der Waals surface area (Å²) in [6, 6.07) is 14.4. The molecule has 0 saturated heterocycles. The first-order valence-corrected chi connectivity index (χ1v) is 8.44. The molecule has 0 unspecified atom stereocenters. The molecule has 2 aromatic rings. The molecule has 0 aliphatic rings. The summed E-state index contributed by atoms with van der Waals surface area (Å²) in [7, 11) is -2.18. The zero-order valence-electron chi connectivity index (χ0n) is 13.8. The molecule has 0 bridgehead atoms.